The first-order chi connectivity index (χ1) is 8.76. The minimum atomic E-state index is -0.265. The summed E-state index contributed by atoms with van der Waals surface area (Å²) in [5.74, 6) is 0.943. The summed E-state index contributed by atoms with van der Waals surface area (Å²) in [5.41, 5.74) is 1.47. The number of ether oxygens (including phenoxy) is 1. The van der Waals surface area contributed by atoms with Gasteiger partial charge in [0.2, 0.25) is 5.95 Å². The van der Waals surface area contributed by atoms with Crippen LogP contribution in [0.4, 0.5) is 10.3 Å². The number of fused-ring (bicyclic) bond motifs is 1. The lowest BCUT2D eigenvalue weighted by Crippen LogP contribution is -2.43. The number of imidazole rings is 1. The number of hydrogen-bond acceptors (Lipinski definition) is 3. The Morgan fingerprint density at radius 2 is 2.44 bits per heavy atom. The highest BCUT2D eigenvalue weighted by Gasteiger charge is 2.22. The van der Waals surface area contributed by atoms with E-state index < -0.39 is 0 Å². The number of halogens is 2. The van der Waals surface area contributed by atoms with Crippen LogP contribution < -0.4 is 4.90 Å². The fraction of sp³-hybridized carbons (Fsp3) is 0.417. The van der Waals surface area contributed by atoms with E-state index >= 15 is 0 Å². The van der Waals surface area contributed by atoms with Crippen molar-refractivity contribution in [2.24, 2.45) is 0 Å². The molecule has 1 fully saturated rings. The van der Waals surface area contributed by atoms with E-state index in [-0.39, 0.29) is 11.9 Å². The number of alkyl halides is 1. The van der Waals surface area contributed by atoms with Gasteiger partial charge < -0.3 is 14.6 Å². The van der Waals surface area contributed by atoms with Crippen LogP contribution in [0.3, 0.4) is 0 Å². The molecule has 0 saturated carbocycles. The largest absolute Gasteiger partial charge is 0.373 e. The molecule has 0 amide bonds. The number of H-pyrrole nitrogens is 1. The molecule has 1 unspecified atom stereocenters. The van der Waals surface area contributed by atoms with E-state index in [0.29, 0.717) is 24.5 Å². The normalized spacial score (nSPS) is 20.6. The Morgan fingerprint density at radius 3 is 3.28 bits per heavy atom. The van der Waals surface area contributed by atoms with E-state index in [0.717, 1.165) is 18.0 Å². The summed E-state index contributed by atoms with van der Waals surface area (Å²) in [5, 5.41) is 0. The Morgan fingerprint density at radius 1 is 1.56 bits per heavy atom. The zero-order chi connectivity index (χ0) is 12.5. The van der Waals surface area contributed by atoms with Crippen molar-refractivity contribution >= 4 is 28.6 Å². The van der Waals surface area contributed by atoms with Crippen molar-refractivity contribution in [3.05, 3.63) is 24.0 Å². The first kappa shape index (κ1) is 11.7. The van der Waals surface area contributed by atoms with Crippen LogP contribution in [-0.4, -0.2) is 41.6 Å². The molecule has 4 nitrogen and oxygen atoms in total. The first-order valence-corrected chi connectivity index (χ1v) is 6.37. The number of nitrogens with one attached hydrogen (secondary N) is 1. The van der Waals surface area contributed by atoms with Gasteiger partial charge in [-0.3, -0.25) is 0 Å². The van der Waals surface area contributed by atoms with Gasteiger partial charge in [-0.2, -0.15) is 0 Å². The second kappa shape index (κ2) is 4.74. The Bertz CT molecular complexity index is 559. The second-order valence-corrected chi connectivity index (χ2v) is 4.62. The van der Waals surface area contributed by atoms with Crippen LogP contribution in [0.5, 0.6) is 0 Å². The molecule has 1 N–H and O–H groups in total. The van der Waals surface area contributed by atoms with Gasteiger partial charge in [-0.05, 0) is 18.2 Å². The second-order valence-electron chi connectivity index (χ2n) is 4.31. The molecule has 1 saturated heterocycles. The lowest BCUT2D eigenvalue weighted by Gasteiger charge is -2.31. The monoisotopic (exact) mass is 269 g/mol. The maximum Gasteiger partial charge on any atom is 0.204 e. The van der Waals surface area contributed by atoms with Gasteiger partial charge in [-0.1, -0.05) is 0 Å². The predicted molar refractivity (Wildman–Crippen MR) is 68.7 cm³/mol. The molecule has 0 aliphatic carbocycles. The molecular weight excluding hydrogens is 257 g/mol. The molecule has 1 aromatic heterocycles. The fourth-order valence-corrected chi connectivity index (χ4v) is 2.31. The third-order valence-corrected chi connectivity index (χ3v) is 3.39. The number of nitrogens with zero attached hydrogens (tertiary/aromatic N) is 2. The van der Waals surface area contributed by atoms with Gasteiger partial charge in [0.05, 0.1) is 29.6 Å². The molecule has 18 heavy (non-hydrogen) atoms. The smallest absolute Gasteiger partial charge is 0.204 e. The van der Waals surface area contributed by atoms with Crippen LogP contribution in [0.1, 0.15) is 0 Å². The molecule has 1 aromatic carbocycles. The third-order valence-electron chi connectivity index (χ3n) is 3.04. The zero-order valence-electron chi connectivity index (χ0n) is 9.70. The molecular formula is C12H13ClFN3O. The summed E-state index contributed by atoms with van der Waals surface area (Å²) >= 11 is 5.80. The summed E-state index contributed by atoms with van der Waals surface area (Å²) in [6, 6.07) is 4.53. The van der Waals surface area contributed by atoms with Gasteiger partial charge in [0.25, 0.3) is 0 Å². The minimum absolute atomic E-state index is 0.0189. The van der Waals surface area contributed by atoms with E-state index in [4.69, 9.17) is 16.3 Å². The summed E-state index contributed by atoms with van der Waals surface area (Å²) in [4.78, 5) is 9.66. The van der Waals surface area contributed by atoms with Gasteiger partial charge in [-0.15, -0.1) is 11.6 Å². The van der Waals surface area contributed by atoms with Gasteiger partial charge in [0, 0.05) is 13.1 Å². The highest BCUT2D eigenvalue weighted by molar-refractivity contribution is 6.18. The number of rotatable bonds is 2. The molecule has 1 atom stereocenters. The fourth-order valence-electron chi connectivity index (χ4n) is 2.12. The predicted octanol–water partition coefficient (Wildman–Crippen LogP) is 2.15. The van der Waals surface area contributed by atoms with Crippen LogP contribution in [0, 0.1) is 5.82 Å². The lowest BCUT2D eigenvalue weighted by atomic mass is 10.3. The Kier molecular flexibility index (Phi) is 3.09. The van der Waals surface area contributed by atoms with Crippen molar-refractivity contribution in [1.82, 2.24) is 9.97 Å². The van der Waals surface area contributed by atoms with Crippen LogP contribution >= 0.6 is 11.6 Å². The Hall–Kier alpha value is -1.33. The molecule has 0 radical (unpaired) electrons. The maximum absolute atomic E-state index is 13.1. The number of aromatic amines is 1. The summed E-state index contributed by atoms with van der Waals surface area (Å²) in [6.07, 6.45) is 0.0189. The van der Waals surface area contributed by atoms with Crippen molar-refractivity contribution in [2.45, 2.75) is 6.10 Å². The molecule has 3 rings (SSSR count). The van der Waals surface area contributed by atoms with Gasteiger partial charge in [-0.25, -0.2) is 9.37 Å². The molecule has 1 aliphatic rings. The first-order valence-electron chi connectivity index (χ1n) is 5.84. The number of morpholine rings is 1. The van der Waals surface area contributed by atoms with Crippen molar-refractivity contribution in [3.63, 3.8) is 0 Å². The van der Waals surface area contributed by atoms with Crippen LogP contribution in [-0.2, 0) is 4.74 Å². The van der Waals surface area contributed by atoms with Crippen molar-refractivity contribution < 1.29 is 9.13 Å². The van der Waals surface area contributed by atoms with Crippen molar-refractivity contribution in [3.8, 4) is 0 Å². The summed E-state index contributed by atoms with van der Waals surface area (Å²) < 4.78 is 18.6. The van der Waals surface area contributed by atoms with E-state index in [2.05, 4.69) is 14.9 Å². The zero-order valence-corrected chi connectivity index (χ0v) is 10.5. The van der Waals surface area contributed by atoms with Crippen LogP contribution in [0.25, 0.3) is 11.0 Å². The molecule has 0 spiro atoms. The number of hydrogen-bond donors (Lipinski definition) is 1. The van der Waals surface area contributed by atoms with Crippen molar-refractivity contribution in [1.29, 1.82) is 0 Å². The van der Waals surface area contributed by atoms with E-state index in [9.17, 15) is 4.39 Å². The van der Waals surface area contributed by atoms with E-state index in [1.165, 1.54) is 12.1 Å². The topological polar surface area (TPSA) is 41.2 Å². The number of anilines is 1. The van der Waals surface area contributed by atoms with E-state index in [1.54, 1.807) is 6.07 Å². The average Bonchev–Trinajstić information content (AvgIpc) is 2.81. The van der Waals surface area contributed by atoms with Crippen molar-refractivity contribution in [2.75, 3.05) is 30.5 Å². The van der Waals surface area contributed by atoms with E-state index in [1.807, 2.05) is 0 Å². The molecule has 1 aliphatic heterocycles. The summed E-state index contributed by atoms with van der Waals surface area (Å²) in [7, 11) is 0. The maximum atomic E-state index is 13.1. The van der Waals surface area contributed by atoms with Crippen LogP contribution in [0.2, 0.25) is 0 Å². The van der Waals surface area contributed by atoms with Gasteiger partial charge >= 0.3 is 0 Å². The van der Waals surface area contributed by atoms with Gasteiger partial charge in [0.15, 0.2) is 0 Å². The number of aromatic nitrogens is 2. The third kappa shape index (κ3) is 2.15. The standard InChI is InChI=1S/C12H13ClFN3O/c13-6-9-7-17(3-4-18-9)12-15-10-2-1-8(14)5-11(10)16-12/h1-2,5,9H,3-4,6-7H2,(H,15,16). The average molecular weight is 270 g/mol. The quantitative estimate of drug-likeness (QED) is 0.850. The highest BCUT2D eigenvalue weighted by atomic mass is 35.5. The molecule has 6 heteroatoms. The SMILES string of the molecule is Fc1ccc2nc(N3CCOC(CCl)C3)[nH]c2c1. The Labute approximate surface area is 109 Å². The Balaban J connectivity index is 1.89. The molecule has 2 aromatic rings. The molecule has 0 bridgehead atoms. The lowest BCUT2D eigenvalue weighted by molar-refractivity contribution is 0.0549. The minimum Gasteiger partial charge on any atom is -0.373 e. The van der Waals surface area contributed by atoms with Crippen LogP contribution in [0.15, 0.2) is 18.2 Å². The number of benzene rings is 1. The molecule has 96 valence electrons. The molecule has 2 heterocycles. The highest BCUT2D eigenvalue weighted by Crippen LogP contribution is 2.20. The summed E-state index contributed by atoms with van der Waals surface area (Å²) in [6.45, 7) is 2.09. The van der Waals surface area contributed by atoms with Gasteiger partial charge in [0.1, 0.15) is 5.82 Å².